The molecule has 1 N–H and O–H groups in total. The molecule has 176 valence electrons. The highest BCUT2D eigenvalue weighted by atomic mass is 19.1. The first-order valence-electron chi connectivity index (χ1n) is 11.7. The van der Waals surface area contributed by atoms with Crippen molar-refractivity contribution >= 4 is 16.8 Å². The van der Waals surface area contributed by atoms with Gasteiger partial charge in [0.2, 0.25) is 0 Å². The van der Waals surface area contributed by atoms with Crippen LogP contribution in [0.25, 0.3) is 10.9 Å². The third-order valence-electron chi connectivity index (χ3n) is 6.38. The fraction of sp³-hybridized carbons (Fsp3) is 0.640. The van der Waals surface area contributed by atoms with Crippen molar-refractivity contribution in [3.63, 3.8) is 0 Å². The summed E-state index contributed by atoms with van der Waals surface area (Å²) in [5, 5.41) is 3.91. The van der Waals surface area contributed by atoms with E-state index in [1.54, 1.807) is 13.2 Å². The summed E-state index contributed by atoms with van der Waals surface area (Å²) in [6.45, 7) is 10.0. The summed E-state index contributed by atoms with van der Waals surface area (Å²) in [6.07, 6.45) is 4.48. The molecule has 2 aromatic rings. The maximum absolute atomic E-state index is 15.5. The number of fused-ring (bicyclic) bond motifs is 1. The van der Waals surface area contributed by atoms with E-state index in [2.05, 4.69) is 42.9 Å². The summed E-state index contributed by atoms with van der Waals surface area (Å²) in [4.78, 5) is 15.0. The lowest BCUT2D eigenvalue weighted by Gasteiger charge is -2.30. The molecule has 0 radical (unpaired) electrons. The van der Waals surface area contributed by atoms with Gasteiger partial charge >= 0.3 is 0 Å². The average Bonchev–Trinajstić information content (AvgIpc) is 3.53. The van der Waals surface area contributed by atoms with E-state index < -0.39 is 6.10 Å². The first-order chi connectivity index (χ1) is 15.3. The maximum atomic E-state index is 15.5. The molecule has 2 heterocycles. The molecule has 2 aliphatic rings. The number of hydrogen-bond acceptors (Lipinski definition) is 4. The highest BCUT2D eigenvalue weighted by Crippen LogP contribution is 2.36. The van der Waals surface area contributed by atoms with Crippen molar-refractivity contribution in [3.05, 3.63) is 35.3 Å². The topological polar surface area (TPSA) is 55.7 Å². The molecule has 1 amide bonds. The number of carbonyl (C=O) groups excluding carboxylic acids is 1. The van der Waals surface area contributed by atoms with E-state index in [9.17, 15) is 4.79 Å². The zero-order valence-corrected chi connectivity index (χ0v) is 19.7. The molecule has 1 saturated carbocycles. The predicted molar refractivity (Wildman–Crippen MR) is 123 cm³/mol. The Balaban J connectivity index is 1.66. The SMILES string of the molecule is COCCCn1cc(C(C)(C)C)c2c(F)cc(CN(C(=O)[C@H]3CNCCO3)C3CC3)cc21. The quantitative estimate of drug-likeness (QED) is 0.631. The van der Waals surface area contributed by atoms with E-state index in [-0.39, 0.29) is 23.2 Å². The smallest absolute Gasteiger partial charge is 0.253 e. The van der Waals surface area contributed by atoms with Gasteiger partial charge in [-0.1, -0.05) is 20.8 Å². The van der Waals surface area contributed by atoms with Crippen molar-refractivity contribution in [2.75, 3.05) is 33.4 Å². The number of rotatable bonds is 8. The zero-order valence-electron chi connectivity index (χ0n) is 19.7. The standard InChI is InChI=1S/C25H36FN3O3/c1-25(2,3)19-16-28(9-5-10-31-4)21-13-17(12-20(26)23(19)21)15-29(18-6-7-18)24(30)22-14-27-8-11-32-22/h12-13,16,18,22,27H,5-11,14-15H2,1-4H3/t22-/m1/s1. The first-order valence-corrected chi connectivity index (χ1v) is 11.7. The van der Waals surface area contributed by atoms with E-state index in [1.165, 1.54) is 0 Å². The van der Waals surface area contributed by atoms with Crippen LogP contribution >= 0.6 is 0 Å². The van der Waals surface area contributed by atoms with Crippen LogP contribution in [0.4, 0.5) is 4.39 Å². The summed E-state index contributed by atoms with van der Waals surface area (Å²) in [7, 11) is 1.70. The Labute approximate surface area is 190 Å². The third-order valence-corrected chi connectivity index (χ3v) is 6.38. The van der Waals surface area contributed by atoms with Crippen LogP contribution in [0.15, 0.2) is 18.3 Å². The molecule has 1 aliphatic carbocycles. The van der Waals surface area contributed by atoms with E-state index in [1.807, 2.05) is 4.90 Å². The summed E-state index contributed by atoms with van der Waals surface area (Å²) in [5.74, 6) is -0.210. The van der Waals surface area contributed by atoms with Gasteiger partial charge in [0.25, 0.3) is 5.91 Å². The van der Waals surface area contributed by atoms with Crippen molar-refractivity contribution in [1.29, 1.82) is 0 Å². The lowest BCUT2D eigenvalue weighted by molar-refractivity contribution is -0.146. The second-order valence-corrected chi connectivity index (χ2v) is 10.1. The molecule has 0 unspecified atom stereocenters. The fourth-order valence-corrected chi connectivity index (χ4v) is 4.53. The molecule has 6 nitrogen and oxygen atoms in total. The molecule has 1 aromatic heterocycles. The van der Waals surface area contributed by atoms with Crippen molar-refractivity contribution in [1.82, 2.24) is 14.8 Å². The average molecular weight is 446 g/mol. The van der Waals surface area contributed by atoms with E-state index >= 15 is 4.39 Å². The summed E-state index contributed by atoms with van der Waals surface area (Å²) < 4.78 is 28.5. The normalized spacial score (nSPS) is 19.5. The minimum absolute atomic E-state index is 0.00561. The molecule has 1 saturated heterocycles. The second kappa shape index (κ2) is 9.49. The molecule has 7 heteroatoms. The van der Waals surface area contributed by atoms with Crippen LogP contribution in [0.2, 0.25) is 0 Å². The van der Waals surface area contributed by atoms with Crippen LogP contribution in [0.1, 0.15) is 51.2 Å². The Morgan fingerprint density at radius 3 is 2.75 bits per heavy atom. The van der Waals surface area contributed by atoms with E-state index in [4.69, 9.17) is 9.47 Å². The summed E-state index contributed by atoms with van der Waals surface area (Å²) in [6, 6.07) is 3.90. The lowest BCUT2D eigenvalue weighted by Crippen LogP contribution is -2.49. The number of ether oxygens (including phenoxy) is 2. The highest BCUT2D eigenvalue weighted by molar-refractivity contribution is 5.87. The zero-order chi connectivity index (χ0) is 22.9. The molecular weight excluding hydrogens is 409 g/mol. The van der Waals surface area contributed by atoms with Gasteiger partial charge in [-0.05, 0) is 47.9 Å². The lowest BCUT2D eigenvalue weighted by atomic mass is 9.86. The number of nitrogens with zero attached hydrogens (tertiary/aromatic N) is 2. The first kappa shape index (κ1) is 23.2. The van der Waals surface area contributed by atoms with Gasteiger partial charge in [-0.25, -0.2) is 4.39 Å². The Kier molecular flexibility index (Phi) is 6.89. The van der Waals surface area contributed by atoms with Gasteiger partial charge < -0.3 is 24.3 Å². The molecule has 2 fully saturated rings. The van der Waals surface area contributed by atoms with Crippen LogP contribution in [-0.4, -0.2) is 60.9 Å². The molecule has 1 aromatic carbocycles. The Morgan fingerprint density at radius 2 is 2.12 bits per heavy atom. The number of methoxy groups -OCH3 is 1. The number of morpholine rings is 1. The minimum Gasteiger partial charge on any atom is -0.385 e. The van der Waals surface area contributed by atoms with Crippen molar-refractivity contribution in [2.45, 2.75) is 70.7 Å². The molecule has 4 rings (SSSR count). The van der Waals surface area contributed by atoms with E-state index in [0.29, 0.717) is 31.7 Å². The van der Waals surface area contributed by atoms with Gasteiger partial charge in [-0.15, -0.1) is 0 Å². The van der Waals surface area contributed by atoms with Gasteiger partial charge in [0.1, 0.15) is 11.9 Å². The summed E-state index contributed by atoms with van der Waals surface area (Å²) in [5.41, 5.74) is 2.55. The van der Waals surface area contributed by atoms with Crippen molar-refractivity contribution < 1.29 is 18.7 Å². The fourth-order valence-electron chi connectivity index (χ4n) is 4.53. The van der Waals surface area contributed by atoms with Crippen LogP contribution < -0.4 is 5.32 Å². The van der Waals surface area contributed by atoms with Gasteiger partial charge in [-0.3, -0.25) is 4.79 Å². The Morgan fingerprint density at radius 1 is 1.34 bits per heavy atom. The van der Waals surface area contributed by atoms with Crippen LogP contribution in [-0.2, 0) is 32.8 Å². The maximum Gasteiger partial charge on any atom is 0.253 e. The number of hydrogen-bond donors (Lipinski definition) is 1. The number of nitrogens with one attached hydrogen (secondary N) is 1. The van der Waals surface area contributed by atoms with Gasteiger partial charge in [-0.2, -0.15) is 0 Å². The molecule has 1 atom stereocenters. The third kappa shape index (κ3) is 5.00. The predicted octanol–water partition coefficient (Wildman–Crippen LogP) is 3.59. The summed E-state index contributed by atoms with van der Waals surface area (Å²) >= 11 is 0. The Hall–Kier alpha value is -1.96. The molecular formula is C25H36FN3O3. The number of amides is 1. The highest BCUT2D eigenvalue weighted by Gasteiger charge is 2.37. The Bertz CT molecular complexity index is 955. The minimum atomic E-state index is -0.455. The largest absolute Gasteiger partial charge is 0.385 e. The van der Waals surface area contributed by atoms with Gasteiger partial charge in [0.05, 0.1) is 12.1 Å². The van der Waals surface area contributed by atoms with Crippen LogP contribution in [0, 0.1) is 5.82 Å². The molecule has 0 bridgehead atoms. The van der Waals surface area contributed by atoms with Crippen LogP contribution in [0.3, 0.4) is 0 Å². The van der Waals surface area contributed by atoms with Crippen LogP contribution in [0.5, 0.6) is 0 Å². The molecule has 32 heavy (non-hydrogen) atoms. The van der Waals surface area contributed by atoms with Gasteiger partial charge in [0.15, 0.2) is 0 Å². The van der Waals surface area contributed by atoms with Gasteiger partial charge in [0, 0.05) is 57.5 Å². The number of aryl methyl sites for hydroxylation is 1. The van der Waals surface area contributed by atoms with E-state index in [0.717, 1.165) is 49.0 Å². The van der Waals surface area contributed by atoms with Crippen molar-refractivity contribution in [2.24, 2.45) is 0 Å². The molecule has 0 spiro atoms. The number of halogens is 1. The monoisotopic (exact) mass is 445 g/mol. The number of carbonyl (C=O) groups is 1. The number of aromatic nitrogens is 1. The van der Waals surface area contributed by atoms with Crippen molar-refractivity contribution in [3.8, 4) is 0 Å². The number of benzene rings is 1. The second-order valence-electron chi connectivity index (χ2n) is 10.1. The molecule has 1 aliphatic heterocycles.